The minimum absolute atomic E-state index is 0.0652. The summed E-state index contributed by atoms with van der Waals surface area (Å²) in [6.07, 6.45) is 3.70. The zero-order valence-electron chi connectivity index (χ0n) is 18.4. The number of hydrogen-bond donors (Lipinski definition) is 4. The van der Waals surface area contributed by atoms with Gasteiger partial charge in [-0.1, -0.05) is 0 Å². The molecule has 4 heterocycles. The molecule has 0 aliphatic carbocycles. The number of amides is 3. The van der Waals surface area contributed by atoms with Crippen LogP contribution < -0.4 is 26.2 Å². The number of nitrogens with one attached hydrogen (secondary N) is 4. The molecule has 0 bridgehead atoms. The summed E-state index contributed by atoms with van der Waals surface area (Å²) in [6, 6.07) is 3.06. The highest BCUT2D eigenvalue weighted by Gasteiger charge is 2.31. The van der Waals surface area contributed by atoms with E-state index in [9.17, 15) is 9.59 Å². The molecule has 0 saturated carbocycles. The number of carbonyl (C=O) groups excluding carboxylic acids is 2. The quantitative estimate of drug-likeness (QED) is 0.484. The lowest BCUT2D eigenvalue weighted by Gasteiger charge is -2.34. The minimum Gasteiger partial charge on any atom is -0.364 e. The number of aryl methyl sites for hydroxylation is 1. The fraction of sp³-hybridized carbons (Fsp3) is 0.300. The van der Waals surface area contributed by atoms with Crippen LogP contribution in [0.1, 0.15) is 29.0 Å². The van der Waals surface area contributed by atoms with Crippen molar-refractivity contribution in [3.05, 3.63) is 35.8 Å². The van der Waals surface area contributed by atoms with E-state index in [1.807, 2.05) is 26.4 Å². The van der Waals surface area contributed by atoms with Crippen molar-refractivity contribution in [3.8, 4) is 11.3 Å². The van der Waals surface area contributed by atoms with E-state index >= 15 is 0 Å². The number of rotatable bonds is 4. The first kappa shape index (κ1) is 21.0. The molecule has 12 heteroatoms. The lowest BCUT2D eigenvalue weighted by Crippen LogP contribution is -2.28. The van der Waals surface area contributed by atoms with Gasteiger partial charge < -0.3 is 20.9 Å². The number of carbonyl (C=O) groups is 2. The second-order valence-electron chi connectivity index (χ2n) is 7.35. The first-order valence-electron chi connectivity index (χ1n) is 9.95. The molecule has 0 aromatic carbocycles. The van der Waals surface area contributed by atoms with Gasteiger partial charge in [-0.15, -0.1) is 10.2 Å². The molecule has 0 saturated heterocycles. The van der Waals surface area contributed by atoms with Crippen LogP contribution in [0.2, 0.25) is 0 Å². The lowest BCUT2D eigenvalue weighted by atomic mass is 9.96. The Morgan fingerprint density at radius 3 is 2.62 bits per heavy atom. The monoisotopic (exact) mass is 436 g/mol. The second-order valence-corrected chi connectivity index (χ2v) is 7.35. The van der Waals surface area contributed by atoms with Crippen LogP contribution in [0.15, 0.2) is 24.5 Å². The maximum atomic E-state index is 12.4. The largest absolute Gasteiger partial charge is 0.364 e. The van der Waals surface area contributed by atoms with Crippen LogP contribution in [0.25, 0.3) is 11.3 Å². The third-order valence-electron chi connectivity index (χ3n) is 5.38. The predicted molar refractivity (Wildman–Crippen MR) is 120 cm³/mol. The predicted octanol–water partition coefficient (Wildman–Crippen LogP) is 1.64. The van der Waals surface area contributed by atoms with Crippen molar-refractivity contribution >= 4 is 34.9 Å². The first-order valence-corrected chi connectivity index (χ1v) is 9.95. The Morgan fingerprint density at radius 1 is 1.12 bits per heavy atom. The number of urea groups is 1. The van der Waals surface area contributed by atoms with Crippen LogP contribution >= 0.6 is 0 Å². The molecule has 0 spiro atoms. The van der Waals surface area contributed by atoms with E-state index in [1.54, 1.807) is 10.9 Å². The van der Waals surface area contributed by atoms with Gasteiger partial charge in [-0.2, -0.15) is 5.10 Å². The molecule has 166 valence electrons. The van der Waals surface area contributed by atoms with Crippen molar-refractivity contribution in [2.45, 2.75) is 13.0 Å². The second kappa shape index (κ2) is 8.13. The fourth-order valence-corrected chi connectivity index (χ4v) is 3.66. The van der Waals surface area contributed by atoms with E-state index in [-0.39, 0.29) is 17.6 Å². The molecule has 1 aliphatic heterocycles. The van der Waals surface area contributed by atoms with E-state index < -0.39 is 11.9 Å². The van der Waals surface area contributed by atoms with Crippen molar-refractivity contribution in [1.82, 2.24) is 35.6 Å². The highest BCUT2D eigenvalue weighted by atomic mass is 16.2. The molecule has 12 nitrogen and oxygen atoms in total. The Kier molecular flexibility index (Phi) is 5.34. The van der Waals surface area contributed by atoms with Gasteiger partial charge in [0.1, 0.15) is 0 Å². The third kappa shape index (κ3) is 3.55. The molecule has 0 fully saturated rings. The van der Waals surface area contributed by atoms with Gasteiger partial charge >= 0.3 is 6.03 Å². The van der Waals surface area contributed by atoms with Gasteiger partial charge in [-0.3, -0.25) is 14.8 Å². The Morgan fingerprint density at radius 2 is 1.91 bits per heavy atom. The first-order chi connectivity index (χ1) is 15.3. The lowest BCUT2D eigenvalue weighted by molar-refractivity contribution is 0.0958. The van der Waals surface area contributed by atoms with Crippen molar-refractivity contribution in [3.63, 3.8) is 0 Å². The average molecular weight is 436 g/mol. The van der Waals surface area contributed by atoms with Crippen LogP contribution in [0, 0.1) is 0 Å². The van der Waals surface area contributed by atoms with Gasteiger partial charge in [0.15, 0.2) is 17.3 Å². The molecule has 0 radical (unpaired) electrons. The summed E-state index contributed by atoms with van der Waals surface area (Å²) < 4.78 is 1.80. The van der Waals surface area contributed by atoms with Gasteiger partial charge in [0, 0.05) is 57.8 Å². The van der Waals surface area contributed by atoms with Crippen LogP contribution in [-0.2, 0) is 7.05 Å². The number of hydrogen-bond acceptors (Lipinski definition) is 8. The molecule has 32 heavy (non-hydrogen) atoms. The Bertz CT molecular complexity index is 1210. The number of fused-ring (bicyclic) bond motifs is 3. The smallest absolute Gasteiger partial charge is 0.320 e. The molecule has 3 aromatic rings. The molecule has 4 rings (SSSR count). The summed E-state index contributed by atoms with van der Waals surface area (Å²) in [6.45, 7) is 2.09. The van der Waals surface area contributed by atoms with E-state index in [4.69, 9.17) is 0 Å². The SMILES string of the molecule is CNC(=O)Nc1cc(Nc2nccc3c2N(C)[C@H](C)c2cn(C)nc2-3)c(C(=O)NC)nn1. The van der Waals surface area contributed by atoms with Crippen molar-refractivity contribution in [2.24, 2.45) is 7.05 Å². The molecular weight excluding hydrogens is 412 g/mol. The normalized spacial score (nSPS) is 14.3. The topological polar surface area (TPSA) is 142 Å². The number of aromatic nitrogens is 5. The van der Waals surface area contributed by atoms with Crippen LogP contribution in [0.3, 0.4) is 0 Å². The Balaban J connectivity index is 1.81. The molecule has 4 N–H and O–H groups in total. The van der Waals surface area contributed by atoms with Crippen molar-refractivity contribution in [1.29, 1.82) is 0 Å². The van der Waals surface area contributed by atoms with Gasteiger partial charge in [0.05, 0.1) is 23.1 Å². The molecular formula is C20H24N10O2. The molecule has 1 atom stereocenters. The maximum absolute atomic E-state index is 12.4. The van der Waals surface area contributed by atoms with Crippen molar-refractivity contribution in [2.75, 3.05) is 36.7 Å². The zero-order valence-corrected chi connectivity index (χ0v) is 18.4. The van der Waals surface area contributed by atoms with Gasteiger partial charge in [-0.05, 0) is 13.0 Å². The molecule has 3 aromatic heterocycles. The summed E-state index contributed by atoms with van der Waals surface area (Å²) >= 11 is 0. The Hall–Kier alpha value is -4.22. The van der Waals surface area contributed by atoms with Gasteiger partial charge in [0.2, 0.25) is 0 Å². The molecule has 3 amide bonds. The summed E-state index contributed by atoms with van der Waals surface area (Å²) in [7, 11) is 6.87. The van der Waals surface area contributed by atoms with E-state index in [1.165, 1.54) is 20.2 Å². The van der Waals surface area contributed by atoms with Gasteiger partial charge in [-0.25, -0.2) is 9.78 Å². The van der Waals surface area contributed by atoms with Crippen LogP contribution in [-0.4, -0.2) is 58.0 Å². The summed E-state index contributed by atoms with van der Waals surface area (Å²) in [5, 5.41) is 23.3. The standard InChI is InChI=1S/C20H24N10O2/c1-10-12-9-29(4)28-15(12)11-6-7-23-18(17(11)30(10)5)24-13-8-14(25-20(32)22-3)26-27-16(13)19(31)21-2/h6-10H,1-5H3,(H,21,31)(H3,22,23,24,25,26,32)/t10-/m1/s1. The number of pyridine rings is 1. The number of anilines is 4. The van der Waals surface area contributed by atoms with E-state index in [0.29, 0.717) is 11.5 Å². The van der Waals surface area contributed by atoms with Crippen molar-refractivity contribution < 1.29 is 9.59 Å². The number of nitrogens with zero attached hydrogens (tertiary/aromatic N) is 6. The molecule has 1 aliphatic rings. The Labute approximate surface area is 184 Å². The van der Waals surface area contributed by atoms with Gasteiger partial charge in [0.25, 0.3) is 5.91 Å². The van der Waals surface area contributed by atoms with E-state index in [0.717, 1.165) is 22.5 Å². The minimum atomic E-state index is -0.454. The average Bonchev–Trinajstić information content (AvgIpc) is 3.19. The fourth-order valence-electron chi connectivity index (χ4n) is 3.66. The highest BCUT2D eigenvalue weighted by Crippen LogP contribution is 2.46. The maximum Gasteiger partial charge on any atom is 0.320 e. The zero-order chi connectivity index (χ0) is 23.0. The summed E-state index contributed by atoms with van der Waals surface area (Å²) in [4.78, 5) is 30.7. The van der Waals surface area contributed by atoms with E-state index in [2.05, 4.69) is 53.4 Å². The van der Waals surface area contributed by atoms with Crippen LogP contribution in [0.4, 0.5) is 27.8 Å². The summed E-state index contributed by atoms with van der Waals surface area (Å²) in [5.41, 5.74) is 4.18. The van der Waals surface area contributed by atoms with Crippen LogP contribution in [0.5, 0.6) is 0 Å². The third-order valence-corrected chi connectivity index (χ3v) is 5.38. The molecule has 0 unspecified atom stereocenters. The highest BCUT2D eigenvalue weighted by molar-refractivity contribution is 6.00. The summed E-state index contributed by atoms with van der Waals surface area (Å²) in [5.74, 6) is 0.278.